The third-order valence-corrected chi connectivity index (χ3v) is 3.63. The highest BCUT2D eigenvalue weighted by molar-refractivity contribution is 7.08. The zero-order valence-electron chi connectivity index (χ0n) is 7.01. The Labute approximate surface area is 81.7 Å². The number of hydrogen-bond donors (Lipinski definition) is 1. The summed E-state index contributed by atoms with van der Waals surface area (Å²) in [5, 5.41) is 8.47. The number of nitrogens with one attached hydrogen (secondary N) is 1. The molecule has 66 valence electrons. The fraction of sp³-hybridized carbons (Fsp3) is 0.556. The van der Waals surface area contributed by atoms with Gasteiger partial charge in [0.25, 0.3) is 0 Å². The van der Waals surface area contributed by atoms with E-state index in [0.29, 0.717) is 0 Å². The van der Waals surface area contributed by atoms with Gasteiger partial charge in [-0.15, -0.1) is 0 Å². The van der Waals surface area contributed by atoms with Crippen molar-refractivity contribution in [1.29, 1.82) is 0 Å². The monoisotopic (exact) mass is 201 g/mol. The smallest absolute Gasteiger partial charge is 0.0557 e. The van der Waals surface area contributed by atoms with E-state index in [1.165, 1.54) is 12.0 Å². The molecule has 2 rings (SSSR count). The Morgan fingerprint density at radius 3 is 2.92 bits per heavy atom. The van der Waals surface area contributed by atoms with Crippen molar-refractivity contribution in [2.24, 2.45) is 5.92 Å². The zero-order valence-corrected chi connectivity index (χ0v) is 8.58. The summed E-state index contributed by atoms with van der Waals surface area (Å²) in [7, 11) is 0. The van der Waals surface area contributed by atoms with Crippen molar-refractivity contribution in [3.8, 4) is 0 Å². The lowest BCUT2D eigenvalue weighted by atomic mass is 10.3. The maximum Gasteiger partial charge on any atom is 0.0557 e. The van der Waals surface area contributed by atoms with Crippen LogP contribution in [0.1, 0.15) is 18.9 Å². The van der Waals surface area contributed by atoms with Gasteiger partial charge in [0.1, 0.15) is 0 Å². The molecule has 2 atom stereocenters. The number of halogens is 1. The van der Waals surface area contributed by atoms with Crippen molar-refractivity contribution in [3.05, 3.63) is 21.3 Å². The van der Waals surface area contributed by atoms with Crippen molar-refractivity contribution >= 4 is 22.9 Å². The van der Waals surface area contributed by atoms with E-state index < -0.39 is 0 Å². The van der Waals surface area contributed by atoms with Crippen LogP contribution in [0, 0.1) is 5.92 Å². The number of hydrogen-bond acceptors (Lipinski definition) is 2. The molecule has 1 aromatic rings. The Morgan fingerprint density at radius 1 is 1.67 bits per heavy atom. The maximum absolute atomic E-state index is 5.95. The van der Waals surface area contributed by atoms with Gasteiger partial charge in [-0.3, -0.25) is 0 Å². The molecule has 1 N–H and O–H groups in total. The number of thiophene rings is 1. The first-order chi connectivity index (χ1) is 5.77. The molecule has 0 spiro atoms. The SMILES string of the molecule is CC1CC1NCc1cscc1Cl. The average molecular weight is 202 g/mol. The lowest BCUT2D eigenvalue weighted by Crippen LogP contribution is -2.16. The molecule has 0 radical (unpaired) electrons. The van der Waals surface area contributed by atoms with Crippen molar-refractivity contribution in [1.82, 2.24) is 5.32 Å². The largest absolute Gasteiger partial charge is 0.310 e. The second-order valence-corrected chi connectivity index (χ2v) is 4.60. The van der Waals surface area contributed by atoms with Crippen LogP contribution in [0.3, 0.4) is 0 Å². The van der Waals surface area contributed by atoms with Crippen LogP contribution >= 0.6 is 22.9 Å². The molecule has 0 amide bonds. The van der Waals surface area contributed by atoms with E-state index >= 15 is 0 Å². The molecule has 2 unspecified atom stereocenters. The third-order valence-electron chi connectivity index (χ3n) is 2.35. The molecule has 0 saturated heterocycles. The Bertz CT molecular complexity index is 271. The van der Waals surface area contributed by atoms with Crippen molar-refractivity contribution in [2.45, 2.75) is 25.9 Å². The molecule has 3 heteroatoms. The van der Waals surface area contributed by atoms with E-state index in [1.807, 2.05) is 5.38 Å². The Balaban J connectivity index is 1.84. The molecule has 1 nitrogen and oxygen atoms in total. The first-order valence-corrected chi connectivity index (χ1v) is 5.53. The molecule has 1 aliphatic carbocycles. The summed E-state index contributed by atoms with van der Waals surface area (Å²) in [6, 6.07) is 0.737. The lowest BCUT2D eigenvalue weighted by molar-refractivity contribution is 0.654. The van der Waals surface area contributed by atoms with Crippen molar-refractivity contribution in [2.75, 3.05) is 0 Å². The van der Waals surface area contributed by atoms with Crippen LogP contribution in [-0.4, -0.2) is 6.04 Å². The van der Waals surface area contributed by atoms with E-state index in [9.17, 15) is 0 Å². The van der Waals surface area contributed by atoms with Crippen LogP contribution in [0.15, 0.2) is 10.8 Å². The summed E-state index contributed by atoms with van der Waals surface area (Å²) in [4.78, 5) is 0. The molecule has 1 fully saturated rings. The van der Waals surface area contributed by atoms with Gasteiger partial charge in [-0.2, -0.15) is 11.3 Å². The fourth-order valence-corrected chi connectivity index (χ4v) is 2.34. The first kappa shape index (κ1) is 8.54. The minimum atomic E-state index is 0.737. The minimum Gasteiger partial charge on any atom is -0.310 e. The van der Waals surface area contributed by atoms with E-state index in [4.69, 9.17) is 11.6 Å². The van der Waals surface area contributed by atoms with Crippen LogP contribution in [-0.2, 0) is 6.54 Å². The predicted octanol–water partition coefficient (Wildman–Crippen LogP) is 2.90. The van der Waals surface area contributed by atoms with Gasteiger partial charge >= 0.3 is 0 Å². The van der Waals surface area contributed by atoms with Gasteiger partial charge in [-0.1, -0.05) is 18.5 Å². The molecule has 12 heavy (non-hydrogen) atoms. The van der Waals surface area contributed by atoms with Crippen molar-refractivity contribution < 1.29 is 0 Å². The van der Waals surface area contributed by atoms with Gasteiger partial charge in [-0.05, 0) is 23.3 Å². The average Bonchev–Trinajstić information content (AvgIpc) is 2.57. The molecule has 0 bridgehead atoms. The van der Waals surface area contributed by atoms with Gasteiger partial charge in [0.05, 0.1) is 5.02 Å². The van der Waals surface area contributed by atoms with Crippen LogP contribution < -0.4 is 5.32 Å². The lowest BCUT2D eigenvalue weighted by Gasteiger charge is -2.00. The normalized spacial score (nSPS) is 27.5. The molecule has 0 aromatic carbocycles. The summed E-state index contributed by atoms with van der Waals surface area (Å²) in [5.41, 5.74) is 1.24. The van der Waals surface area contributed by atoms with Crippen LogP contribution in [0.25, 0.3) is 0 Å². The van der Waals surface area contributed by atoms with E-state index in [2.05, 4.69) is 17.6 Å². The first-order valence-electron chi connectivity index (χ1n) is 4.21. The van der Waals surface area contributed by atoms with E-state index in [0.717, 1.165) is 23.5 Å². The highest BCUT2D eigenvalue weighted by Crippen LogP contribution is 2.30. The molecular weight excluding hydrogens is 190 g/mol. The zero-order chi connectivity index (χ0) is 8.55. The molecular formula is C9H12ClNS. The minimum absolute atomic E-state index is 0.737. The van der Waals surface area contributed by atoms with Gasteiger partial charge in [0.2, 0.25) is 0 Å². The quantitative estimate of drug-likeness (QED) is 0.793. The maximum atomic E-state index is 5.95. The van der Waals surface area contributed by atoms with Gasteiger partial charge in [-0.25, -0.2) is 0 Å². The second-order valence-electron chi connectivity index (χ2n) is 3.45. The molecule has 1 aliphatic rings. The topological polar surface area (TPSA) is 12.0 Å². The number of rotatable bonds is 3. The summed E-state index contributed by atoms with van der Waals surface area (Å²) >= 11 is 7.62. The molecule has 1 saturated carbocycles. The Hall–Kier alpha value is -0.0500. The van der Waals surface area contributed by atoms with Crippen LogP contribution in [0.2, 0.25) is 5.02 Å². The van der Waals surface area contributed by atoms with Crippen LogP contribution in [0.4, 0.5) is 0 Å². The highest BCUT2D eigenvalue weighted by atomic mass is 35.5. The van der Waals surface area contributed by atoms with Gasteiger partial charge in [0.15, 0.2) is 0 Å². The Kier molecular flexibility index (Phi) is 2.40. The summed E-state index contributed by atoms with van der Waals surface area (Å²) in [6.07, 6.45) is 1.32. The summed E-state index contributed by atoms with van der Waals surface area (Å²) < 4.78 is 0. The third kappa shape index (κ3) is 1.82. The van der Waals surface area contributed by atoms with E-state index in [-0.39, 0.29) is 0 Å². The van der Waals surface area contributed by atoms with Gasteiger partial charge < -0.3 is 5.32 Å². The molecule has 1 heterocycles. The van der Waals surface area contributed by atoms with E-state index in [1.54, 1.807) is 11.3 Å². The summed E-state index contributed by atoms with van der Waals surface area (Å²) in [6.45, 7) is 3.20. The highest BCUT2D eigenvalue weighted by Gasteiger charge is 2.31. The standard InChI is InChI=1S/C9H12ClNS/c1-6-2-9(6)11-3-7-4-12-5-8(7)10/h4-6,9,11H,2-3H2,1H3. The van der Waals surface area contributed by atoms with Crippen molar-refractivity contribution in [3.63, 3.8) is 0 Å². The second kappa shape index (κ2) is 3.36. The summed E-state index contributed by atoms with van der Waals surface area (Å²) in [5.74, 6) is 0.863. The molecule has 0 aliphatic heterocycles. The van der Waals surface area contributed by atoms with Crippen LogP contribution in [0.5, 0.6) is 0 Å². The predicted molar refractivity (Wildman–Crippen MR) is 53.7 cm³/mol. The Morgan fingerprint density at radius 2 is 2.42 bits per heavy atom. The fourth-order valence-electron chi connectivity index (χ4n) is 1.28. The van der Waals surface area contributed by atoms with Gasteiger partial charge in [0, 0.05) is 18.0 Å². The molecule has 1 aromatic heterocycles.